The minimum atomic E-state index is 0.728. The monoisotopic (exact) mass is 203 g/mol. The van der Waals surface area contributed by atoms with Crippen molar-refractivity contribution in [2.24, 2.45) is 5.92 Å². The summed E-state index contributed by atoms with van der Waals surface area (Å²) in [7, 11) is 0. The number of nitrogens with zero attached hydrogens (tertiary/aromatic N) is 2. The zero-order chi connectivity index (χ0) is 10.1. The van der Waals surface area contributed by atoms with Crippen LogP contribution in [0.25, 0.3) is 0 Å². The normalized spacial score (nSPS) is 22.1. The molecule has 15 heavy (non-hydrogen) atoms. The molecule has 0 atom stereocenters. The maximum Gasteiger partial charge on any atom is 0.128 e. The van der Waals surface area contributed by atoms with E-state index in [0.29, 0.717) is 0 Å². The predicted molar refractivity (Wildman–Crippen MR) is 58.7 cm³/mol. The van der Waals surface area contributed by atoms with E-state index >= 15 is 0 Å². The van der Waals surface area contributed by atoms with Crippen molar-refractivity contribution in [2.45, 2.75) is 31.6 Å². The van der Waals surface area contributed by atoms with Gasteiger partial charge in [-0.2, -0.15) is 0 Å². The topological polar surface area (TPSA) is 37.8 Å². The summed E-state index contributed by atoms with van der Waals surface area (Å²) < 4.78 is 0. The molecule has 3 rings (SSSR count). The van der Waals surface area contributed by atoms with Crippen molar-refractivity contribution in [3.63, 3.8) is 0 Å². The van der Waals surface area contributed by atoms with Crippen LogP contribution in [0.15, 0.2) is 12.3 Å². The van der Waals surface area contributed by atoms with Crippen molar-refractivity contribution < 1.29 is 0 Å². The highest BCUT2D eigenvalue weighted by molar-refractivity contribution is 5.11. The molecule has 80 valence electrons. The lowest BCUT2D eigenvalue weighted by Gasteiger charge is -2.27. The first kappa shape index (κ1) is 9.28. The lowest BCUT2D eigenvalue weighted by molar-refractivity contribution is 0.339. The van der Waals surface area contributed by atoms with Gasteiger partial charge in [0.1, 0.15) is 5.82 Å². The summed E-state index contributed by atoms with van der Waals surface area (Å²) in [5, 5.41) is 3.29. The molecule has 1 aromatic rings. The molecule has 1 aliphatic carbocycles. The molecule has 0 aromatic carbocycles. The maximum atomic E-state index is 4.68. The molecule has 2 heterocycles. The second-order valence-electron chi connectivity index (χ2n) is 4.75. The van der Waals surface area contributed by atoms with Gasteiger partial charge < -0.3 is 5.32 Å². The minimum absolute atomic E-state index is 0.728. The van der Waals surface area contributed by atoms with Gasteiger partial charge in [-0.3, -0.25) is 0 Å². The average Bonchev–Trinajstić information content (AvgIpc) is 2.09. The average molecular weight is 203 g/mol. The lowest BCUT2D eigenvalue weighted by Crippen LogP contribution is -2.43. The fraction of sp³-hybridized carbons (Fsp3) is 0.667. The Hall–Kier alpha value is -0.960. The lowest BCUT2D eigenvalue weighted by atomic mass is 9.83. The van der Waals surface area contributed by atoms with Crippen molar-refractivity contribution in [2.75, 3.05) is 13.1 Å². The Balaban J connectivity index is 1.70. The van der Waals surface area contributed by atoms with Crippen LogP contribution in [0.5, 0.6) is 0 Å². The van der Waals surface area contributed by atoms with Crippen LogP contribution in [0.1, 0.15) is 36.7 Å². The number of hydrogen-bond acceptors (Lipinski definition) is 3. The highest BCUT2D eigenvalue weighted by Crippen LogP contribution is 2.34. The highest BCUT2D eigenvalue weighted by atomic mass is 15.0. The highest BCUT2D eigenvalue weighted by Gasteiger charge is 2.22. The van der Waals surface area contributed by atoms with Crippen molar-refractivity contribution in [1.29, 1.82) is 0 Å². The second kappa shape index (κ2) is 3.89. The molecule has 1 aromatic heterocycles. The third kappa shape index (κ3) is 1.88. The van der Waals surface area contributed by atoms with Gasteiger partial charge in [-0.15, -0.1) is 0 Å². The Kier molecular flexibility index (Phi) is 2.41. The van der Waals surface area contributed by atoms with Crippen molar-refractivity contribution >= 4 is 0 Å². The molecule has 0 unspecified atom stereocenters. The van der Waals surface area contributed by atoms with Crippen molar-refractivity contribution in [3.05, 3.63) is 23.8 Å². The third-order valence-corrected chi connectivity index (χ3v) is 3.59. The molecule has 0 spiro atoms. The predicted octanol–water partition coefficient (Wildman–Crippen LogP) is 1.51. The Morgan fingerprint density at radius 2 is 2.20 bits per heavy atom. The quantitative estimate of drug-likeness (QED) is 0.809. The van der Waals surface area contributed by atoms with Crippen LogP contribution >= 0.6 is 0 Å². The molecule has 1 saturated carbocycles. The Labute approximate surface area is 90.3 Å². The summed E-state index contributed by atoms with van der Waals surface area (Å²) in [6.07, 6.45) is 7.00. The fourth-order valence-electron chi connectivity index (χ4n) is 2.20. The molecule has 0 radical (unpaired) electrons. The molecule has 3 heteroatoms. The van der Waals surface area contributed by atoms with Gasteiger partial charge >= 0.3 is 0 Å². The molecule has 1 saturated heterocycles. The molecule has 3 nitrogen and oxygen atoms in total. The summed E-state index contributed by atoms with van der Waals surface area (Å²) in [4.78, 5) is 9.04. The van der Waals surface area contributed by atoms with Gasteiger partial charge in [0.25, 0.3) is 0 Å². The molecular weight excluding hydrogens is 186 g/mol. The van der Waals surface area contributed by atoms with Gasteiger partial charge in [-0.05, 0) is 37.9 Å². The van der Waals surface area contributed by atoms with Crippen LogP contribution in [-0.2, 0) is 6.42 Å². The van der Waals surface area contributed by atoms with E-state index in [1.54, 1.807) is 0 Å². The van der Waals surface area contributed by atoms with E-state index in [9.17, 15) is 0 Å². The molecule has 1 N–H and O–H groups in total. The first-order chi connectivity index (χ1) is 7.42. The third-order valence-electron chi connectivity index (χ3n) is 3.59. The molecule has 0 bridgehead atoms. The largest absolute Gasteiger partial charge is 0.316 e. The number of aromatic nitrogens is 2. The zero-order valence-corrected chi connectivity index (χ0v) is 8.95. The molecule has 1 aliphatic heterocycles. The summed E-state index contributed by atoms with van der Waals surface area (Å²) >= 11 is 0. The van der Waals surface area contributed by atoms with Crippen LogP contribution in [0, 0.1) is 5.92 Å². The van der Waals surface area contributed by atoms with Gasteiger partial charge in [0, 0.05) is 24.2 Å². The molecular formula is C12H17N3. The van der Waals surface area contributed by atoms with Gasteiger partial charge in [0.2, 0.25) is 0 Å². The SMILES string of the molecule is c1cc(C2CCC2)nc(CC2CNC2)n1. The summed E-state index contributed by atoms with van der Waals surface area (Å²) in [5.74, 6) is 2.54. The molecule has 0 amide bonds. The van der Waals surface area contributed by atoms with Gasteiger partial charge in [0.15, 0.2) is 0 Å². The van der Waals surface area contributed by atoms with E-state index in [4.69, 9.17) is 0 Å². The summed E-state index contributed by atoms with van der Waals surface area (Å²) in [6.45, 7) is 2.27. The van der Waals surface area contributed by atoms with E-state index in [1.807, 2.05) is 6.20 Å². The minimum Gasteiger partial charge on any atom is -0.316 e. The standard InChI is InChI=1S/C12H17N3/c1-2-10(3-1)11-4-5-14-12(15-11)6-9-7-13-8-9/h4-5,9-10,13H,1-3,6-8H2. The second-order valence-corrected chi connectivity index (χ2v) is 4.75. The summed E-state index contributed by atoms with van der Waals surface area (Å²) in [6, 6.07) is 2.09. The first-order valence-corrected chi connectivity index (χ1v) is 5.94. The van der Waals surface area contributed by atoms with E-state index < -0.39 is 0 Å². The Morgan fingerprint density at radius 3 is 2.80 bits per heavy atom. The van der Waals surface area contributed by atoms with Crippen molar-refractivity contribution in [1.82, 2.24) is 15.3 Å². The van der Waals surface area contributed by atoms with Crippen LogP contribution in [0.4, 0.5) is 0 Å². The molecule has 2 fully saturated rings. The number of nitrogens with one attached hydrogen (secondary N) is 1. The Bertz CT molecular complexity index is 342. The molecule has 2 aliphatic rings. The fourth-order valence-corrected chi connectivity index (χ4v) is 2.20. The maximum absolute atomic E-state index is 4.68. The smallest absolute Gasteiger partial charge is 0.128 e. The first-order valence-electron chi connectivity index (χ1n) is 5.94. The zero-order valence-electron chi connectivity index (χ0n) is 8.95. The van der Waals surface area contributed by atoms with E-state index in [-0.39, 0.29) is 0 Å². The van der Waals surface area contributed by atoms with E-state index in [2.05, 4.69) is 21.4 Å². The van der Waals surface area contributed by atoms with Gasteiger partial charge in [0.05, 0.1) is 0 Å². The van der Waals surface area contributed by atoms with Crippen LogP contribution in [0.2, 0.25) is 0 Å². The van der Waals surface area contributed by atoms with E-state index in [1.165, 1.54) is 25.0 Å². The van der Waals surface area contributed by atoms with Crippen LogP contribution < -0.4 is 5.32 Å². The van der Waals surface area contributed by atoms with E-state index in [0.717, 1.165) is 37.2 Å². The van der Waals surface area contributed by atoms with Crippen LogP contribution in [-0.4, -0.2) is 23.1 Å². The number of hydrogen-bond donors (Lipinski definition) is 1. The van der Waals surface area contributed by atoms with Crippen molar-refractivity contribution in [3.8, 4) is 0 Å². The number of rotatable bonds is 3. The van der Waals surface area contributed by atoms with Gasteiger partial charge in [-0.1, -0.05) is 6.42 Å². The van der Waals surface area contributed by atoms with Crippen LogP contribution in [0.3, 0.4) is 0 Å². The van der Waals surface area contributed by atoms with Gasteiger partial charge in [-0.25, -0.2) is 9.97 Å². The Morgan fingerprint density at radius 1 is 1.33 bits per heavy atom. The summed E-state index contributed by atoms with van der Waals surface area (Å²) in [5.41, 5.74) is 1.28.